The molecule has 2 saturated heterocycles. The molecule has 186 valence electrons. The van der Waals surface area contributed by atoms with E-state index in [0.717, 1.165) is 39.0 Å². The number of carbonyl (C=O) groups excluding carboxylic acids is 2. The minimum Gasteiger partial charge on any atom is -0.369 e. The fourth-order valence-corrected chi connectivity index (χ4v) is 4.41. The molecule has 0 spiro atoms. The third-order valence-corrected chi connectivity index (χ3v) is 6.60. The van der Waals surface area contributed by atoms with Gasteiger partial charge in [0.1, 0.15) is 5.70 Å². The van der Waals surface area contributed by atoms with Crippen LogP contribution in [-0.4, -0.2) is 75.7 Å². The minimum absolute atomic E-state index is 0.154. The van der Waals surface area contributed by atoms with Crippen molar-refractivity contribution in [3.8, 4) is 0 Å². The molecule has 0 radical (unpaired) electrons. The highest BCUT2D eigenvalue weighted by Crippen LogP contribution is 2.27. The Kier molecular flexibility index (Phi) is 5.64. The lowest BCUT2D eigenvalue weighted by molar-refractivity contribution is -0.115. The van der Waals surface area contributed by atoms with Crippen molar-refractivity contribution in [3.05, 3.63) is 47.3 Å². The number of rotatable bonds is 7. The number of carbonyl (C=O) groups is 2. The first-order valence-electron chi connectivity index (χ1n) is 12.1. The van der Waals surface area contributed by atoms with Crippen LogP contribution in [0, 0.1) is 0 Å². The van der Waals surface area contributed by atoms with Gasteiger partial charge in [0.25, 0.3) is 5.91 Å². The van der Waals surface area contributed by atoms with Crippen molar-refractivity contribution in [2.45, 2.75) is 25.4 Å². The normalized spacial score (nSPS) is 19.6. The van der Waals surface area contributed by atoms with Crippen molar-refractivity contribution < 1.29 is 9.59 Å². The smallest absolute Gasteiger partial charge is 0.326 e. The van der Waals surface area contributed by atoms with Crippen LogP contribution in [0.3, 0.4) is 0 Å². The van der Waals surface area contributed by atoms with Crippen LogP contribution in [0.5, 0.6) is 0 Å². The van der Waals surface area contributed by atoms with Crippen molar-refractivity contribution in [3.63, 3.8) is 0 Å². The van der Waals surface area contributed by atoms with E-state index in [9.17, 15) is 9.59 Å². The number of piperazine rings is 1. The van der Waals surface area contributed by atoms with Gasteiger partial charge in [-0.15, -0.1) is 0 Å². The monoisotopic (exact) mass is 488 g/mol. The van der Waals surface area contributed by atoms with Crippen LogP contribution >= 0.6 is 0 Å². The Balaban J connectivity index is 1.29. The largest absolute Gasteiger partial charge is 0.369 e. The van der Waals surface area contributed by atoms with Gasteiger partial charge in [0.05, 0.1) is 6.20 Å². The van der Waals surface area contributed by atoms with Gasteiger partial charge in [0.15, 0.2) is 5.65 Å². The quantitative estimate of drug-likeness (QED) is 0.286. The second-order valence-corrected chi connectivity index (χ2v) is 9.36. The lowest BCUT2D eigenvalue weighted by atomic mass is 10.1. The summed E-state index contributed by atoms with van der Waals surface area (Å²) in [6.45, 7) is 4.61. The molecule has 12 heteroatoms. The number of aromatic nitrogens is 4. The maximum atomic E-state index is 12.0. The highest BCUT2D eigenvalue weighted by Gasteiger charge is 2.26. The van der Waals surface area contributed by atoms with E-state index in [-0.39, 0.29) is 5.70 Å². The molecule has 4 heterocycles. The van der Waals surface area contributed by atoms with Gasteiger partial charge in [0, 0.05) is 50.0 Å². The zero-order valence-corrected chi connectivity index (χ0v) is 20.0. The highest BCUT2D eigenvalue weighted by atomic mass is 16.2. The zero-order valence-electron chi connectivity index (χ0n) is 20.0. The number of amides is 3. The fraction of sp³-hybridized carbons (Fsp3) is 0.375. The average Bonchev–Trinajstić information content (AvgIpc) is 3.51. The van der Waals surface area contributed by atoms with Crippen LogP contribution in [0.1, 0.15) is 24.0 Å². The summed E-state index contributed by atoms with van der Waals surface area (Å²) < 4.78 is 1.63. The lowest BCUT2D eigenvalue weighted by Gasteiger charge is -2.35. The molecule has 1 saturated carbocycles. The van der Waals surface area contributed by atoms with Crippen molar-refractivity contribution in [1.82, 2.24) is 35.1 Å². The van der Waals surface area contributed by atoms with Crippen LogP contribution in [-0.2, 0) is 11.3 Å². The molecule has 3 aliphatic rings. The van der Waals surface area contributed by atoms with E-state index in [4.69, 9.17) is 9.97 Å². The molecule has 3 amide bonds. The molecule has 3 aromatic rings. The molecule has 6 rings (SSSR count). The van der Waals surface area contributed by atoms with Gasteiger partial charge in [-0.2, -0.15) is 19.6 Å². The first kappa shape index (κ1) is 22.3. The number of urea groups is 1. The molecular formula is C24H28N10O2. The van der Waals surface area contributed by atoms with Crippen molar-refractivity contribution >= 4 is 41.2 Å². The van der Waals surface area contributed by atoms with Gasteiger partial charge in [-0.3, -0.25) is 10.1 Å². The van der Waals surface area contributed by atoms with E-state index in [1.807, 2.05) is 6.07 Å². The number of likely N-dealkylation sites (N-methyl/N-ethyl adjacent to an activating group) is 1. The number of benzene rings is 1. The van der Waals surface area contributed by atoms with Crippen LogP contribution in [0.4, 0.5) is 22.4 Å². The second-order valence-electron chi connectivity index (χ2n) is 9.36. The Morgan fingerprint density at radius 3 is 2.64 bits per heavy atom. The third kappa shape index (κ3) is 4.54. The Hall–Kier alpha value is -4.19. The first-order valence-corrected chi connectivity index (χ1v) is 12.1. The summed E-state index contributed by atoms with van der Waals surface area (Å²) in [4.78, 5) is 37.7. The molecule has 1 aliphatic carbocycles. The van der Waals surface area contributed by atoms with E-state index in [2.05, 4.69) is 61.4 Å². The summed E-state index contributed by atoms with van der Waals surface area (Å²) >= 11 is 0. The molecule has 12 nitrogen and oxygen atoms in total. The molecule has 2 aliphatic heterocycles. The van der Waals surface area contributed by atoms with Gasteiger partial charge < -0.3 is 25.8 Å². The number of hydrogen-bond acceptors (Lipinski definition) is 9. The molecule has 4 N–H and O–H groups in total. The Bertz CT molecular complexity index is 1350. The van der Waals surface area contributed by atoms with E-state index in [1.54, 1.807) is 16.8 Å². The number of nitrogens with zero attached hydrogens (tertiary/aromatic N) is 6. The number of anilines is 3. The number of para-hydroxylation sites is 1. The SMILES string of the molecule is CN1CCN(c2ccccc2CNc2nc(NC3CC3)n3ncc(/C=C4\NC(=O)NC4=O)c3n2)CC1. The second kappa shape index (κ2) is 9.11. The number of fused-ring (bicyclic) bond motifs is 1. The summed E-state index contributed by atoms with van der Waals surface area (Å²) in [5.74, 6) is 0.560. The van der Waals surface area contributed by atoms with E-state index >= 15 is 0 Å². The van der Waals surface area contributed by atoms with Gasteiger partial charge in [-0.25, -0.2) is 4.79 Å². The standard InChI is InChI=1S/C24H28N10O2/c1-32-8-10-33(11-9-32)19-5-3-2-4-15(19)13-25-22-29-20-16(12-18-21(35)30-24(36)28-18)14-26-34(20)23(31-22)27-17-6-7-17/h2-5,12,14,17H,6-11,13H2,1H3,(H2,25,27,29,31)(H2,28,30,35,36)/b18-12-. The number of nitrogens with one attached hydrogen (secondary N) is 4. The molecular weight excluding hydrogens is 460 g/mol. The summed E-state index contributed by atoms with van der Waals surface area (Å²) in [6.07, 6.45) is 5.34. The maximum absolute atomic E-state index is 12.0. The predicted octanol–water partition coefficient (Wildman–Crippen LogP) is 1.24. The molecule has 0 bridgehead atoms. The number of hydrogen-bond donors (Lipinski definition) is 4. The van der Waals surface area contributed by atoms with Crippen LogP contribution in [0.15, 0.2) is 36.2 Å². The van der Waals surface area contributed by atoms with Gasteiger partial charge in [0.2, 0.25) is 11.9 Å². The van der Waals surface area contributed by atoms with Crippen molar-refractivity contribution in [2.24, 2.45) is 0 Å². The minimum atomic E-state index is -0.546. The molecule has 1 aromatic carbocycles. The van der Waals surface area contributed by atoms with Gasteiger partial charge in [-0.05, 0) is 37.6 Å². The zero-order chi connectivity index (χ0) is 24.6. The topological polar surface area (TPSA) is 132 Å². The third-order valence-electron chi connectivity index (χ3n) is 6.60. The number of imide groups is 1. The summed E-state index contributed by atoms with van der Waals surface area (Å²) in [6, 6.07) is 8.21. The Morgan fingerprint density at radius 2 is 1.89 bits per heavy atom. The van der Waals surface area contributed by atoms with Crippen LogP contribution in [0.2, 0.25) is 0 Å². The molecule has 36 heavy (non-hydrogen) atoms. The average molecular weight is 489 g/mol. The first-order chi connectivity index (χ1) is 17.5. The molecule has 0 atom stereocenters. The Morgan fingerprint density at radius 1 is 1.08 bits per heavy atom. The van der Waals surface area contributed by atoms with E-state index < -0.39 is 11.9 Å². The summed E-state index contributed by atoms with van der Waals surface area (Å²) in [5.41, 5.74) is 3.67. The van der Waals surface area contributed by atoms with Crippen LogP contribution < -0.4 is 26.2 Å². The van der Waals surface area contributed by atoms with Crippen LogP contribution in [0.25, 0.3) is 11.7 Å². The summed E-state index contributed by atoms with van der Waals surface area (Å²) in [7, 11) is 2.15. The molecule has 0 unspecified atom stereocenters. The van der Waals surface area contributed by atoms with E-state index in [1.165, 1.54) is 11.3 Å². The van der Waals surface area contributed by atoms with Crippen molar-refractivity contribution in [2.75, 3.05) is 48.8 Å². The summed E-state index contributed by atoms with van der Waals surface area (Å²) in [5, 5.41) is 16.0. The Labute approximate surface area is 207 Å². The maximum Gasteiger partial charge on any atom is 0.326 e. The van der Waals surface area contributed by atoms with Gasteiger partial charge >= 0.3 is 6.03 Å². The lowest BCUT2D eigenvalue weighted by Crippen LogP contribution is -2.44. The fourth-order valence-electron chi connectivity index (χ4n) is 4.41. The highest BCUT2D eigenvalue weighted by molar-refractivity contribution is 6.14. The molecule has 2 aromatic heterocycles. The predicted molar refractivity (Wildman–Crippen MR) is 136 cm³/mol. The molecule has 3 fully saturated rings. The van der Waals surface area contributed by atoms with E-state index in [0.29, 0.717) is 35.7 Å². The van der Waals surface area contributed by atoms with Gasteiger partial charge in [-0.1, -0.05) is 18.2 Å². The van der Waals surface area contributed by atoms with Crippen molar-refractivity contribution in [1.29, 1.82) is 0 Å².